The van der Waals surface area contributed by atoms with Crippen LogP contribution in [0.2, 0.25) is 0 Å². The van der Waals surface area contributed by atoms with E-state index in [1.807, 2.05) is 11.7 Å². The third kappa shape index (κ3) is 4.29. The van der Waals surface area contributed by atoms with Crippen LogP contribution in [-0.4, -0.2) is 72.2 Å². The minimum Gasteiger partial charge on any atom is -0.365 e. The molecule has 0 radical (unpaired) electrons. The molecular formula is C15H25N5O3. The van der Waals surface area contributed by atoms with Gasteiger partial charge in [0, 0.05) is 46.8 Å². The SMILES string of the molecule is CNC(=O)CN1CCc2c(COCC(=O)N(C)C)nn(C)c2C1. The molecule has 23 heavy (non-hydrogen) atoms. The first kappa shape index (κ1) is 17.4. The molecule has 0 aromatic carbocycles. The first-order valence-corrected chi connectivity index (χ1v) is 7.66. The van der Waals surface area contributed by atoms with Gasteiger partial charge in [0.05, 0.1) is 24.5 Å². The van der Waals surface area contributed by atoms with Crippen LogP contribution in [0.4, 0.5) is 0 Å². The minimum atomic E-state index is -0.0634. The van der Waals surface area contributed by atoms with Gasteiger partial charge in [-0.3, -0.25) is 19.2 Å². The Morgan fingerprint density at radius 2 is 2.13 bits per heavy atom. The quantitative estimate of drug-likeness (QED) is 0.736. The number of fused-ring (bicyclic) bond motifs is 1. The molecule has 8 heteroatoms. The Balaban J connectivity index is 1.97. The van der Waals surface area contributed by atoms with Crippen molar-refractivity contribution < 1.29 is 14.3 Å². The summed E-state index contributed by atoms with van der Waals surface area (Å²) in [5.74, 6) is -0.0482. The monoisotopic (exact) mass is 323 g/mol. The second kappa shape index (κ2) is 7.56. The van der Waals surface area contributed by atoms with Crippen LogP contribution in [0.1, 0.15) is 17.0 Å². The first-order chi connectivity index (χ1) is 10.9. The van der Waals surface area contributed by atoms with Crippen LogP contribution >= 0.6 is 0 Å². The largest absolute Gasteiger partial charge is 0.365 e. The molecule has 8 nitrogen and oxygen atoms in total. The lowest BCUT2D eigenvalue weighted by Crippen LogP contribution is -2.39. The van der Waals surface area contributed by atoms with E-state index in [4.69, 9.17) is 4.74 Å². The Kier molecular flexibility index (Phi) is 5.73. The van der Waals surface area contributed by atoms with Crippen molar-refractivity contribution in [2.45, 2.75) is 19.6 Å². The summed E-state index contributed by atoms with van der Waals surface area (Å²) in [6.45, 7) is 2.29. The third-order valence-electron chi connectivity index (χ3n) is 4.02. The number of rotatable bonds is 6. The van der Waals surface area contributed by atoms with Crippen LogP contribution in [-0.2, 0) is 40.9 Å². The number of aryl methyl sites for hydroxylation is 1. The van der Waals surface area contributed by atoms with Crippen molar-refractivity contribution in [3.05, 3.63) is 17.0 Å². The number of likely N-dealkylation sites (N-methyl/N-ethyl adjacent to an activating group) is 2. The zero-order chi connectivity index (χ0) is 17.0. The molecule has 2 amide bonds. The fourth-order valence-electron chi connectivity index (χ4n) is 2.61. The molecule has 0 saturated heterocycles. The minimum absolute atomic E-state index is 0.0152. The summed E-state index contributed by atoms with van der Waals surface area (Å²) in [6, 6.07) is 0. The molecule has 128 valence electrons. The molecule has 1 aromatic rings. The van der Waals surface area contributed by atoms with Gasteiger partial charge in [0.1, 0.15) is 6.61 Å². The number of hydrogen-bond donors (Lipinski definition) is 1. The molecule has 0 spiro atoms. The number of nitrogens with one attached hydrogen (secondary N) is 1. The number of hydrogen-bond acceptors (Lipinski definition) is 5. The van der Waals surface area contributed by atoms with Crippen LogP contribution in [0.3, 0.4) is 0 Å². The Bertz CT molecular complexity index is 582. The van der Waals surface area contributed by atoms with E-state index in [0.29, 0.717) is 19.7 Å². The predicted molar refractivity (Wildman–Crippen MR) is 84.6 cm³/mol. The summed E-state index contributed by atoms with van der Waals surface area (Å²) < 4.78 is 7.33. The highest BCUT2D eigenvalue weighted by atomic mass is 16.5. The van der Waals surface area contributed by atoms with Crippen molar-refractivity contribution in [2.24, 2.45) is 7.05 Å². The van der Waals surface area contributed by atoms with E-state index in [1.165, 1.54) is 10.5 Å². The summed E-state index contributed by atoms with van der Waals surface area (Å²) in [5.41, 5.74) is 3.17. The van der Waals surface area contributed by atoms with E-state index < -0.39 is 0 Å². The van der Waals surface area contributed by atoms with Gasteiger partial charge in [-0.25, -0.2) is 0 Å². The maximum Gasteiger partial charge on any atom is 0.248 e. The van der Waals surface area contributed by atoms with Crippen molar-refractivity contribution in [1.82, 2.24) is 24.9 Å². The van der Waals surface area contributed by atoms with Crippen LogP contribution in [0.25, 0.3) is 0 Å². The van der Waals surface area contributed by atoms with Crippen molar-refractivity contribution in [2.75, 3.05) is 40.8 Å². The molecule has 1 aromatic heterocycles. The lowest BCUT2D eigenvalue weighted by atomic mass is 10.0. The van der Waals surface area contributed by atoms with Gasteiger partial charge in [0.25, 0.3) is 0 Å². The van der Waals surface area contributed by atoms with Crippen molar-refractivity contribution in [3.8, 4) is 0 Å². The standard InChI is InChI=1S/C15H25N5O3/c1-16-14(21)8-20-6-5-11-12(17-19(4)13(11)7-20)9-23-10-15(22)18(2)3/h5-10H2,1-4H3,(H,16,21). The molecule has 1 N–H and O–H groups in total. The zero-order valence-corrected chi connectivity index (χ0v) is 14.3. The van der Waals surface area contributed by atoms with Gasteiger partial charge < -0.3 is 15.0 Å². The molecule has 0 unspecified atom stereocenters. The summed E-state index contributed by atoms with van der Waals surface area (Å²) in [4.78, 5) is 26.6. The second-order valence-electron chi connectivity index (χ2n) is 5.91. The van der Waals surface area contributed by atoms with E-state index in [-0.39, 0.29) is 18.4 Å². The summed E-state index contributed by atoms with van der Waals surface area (Å²) in [7, 11) is 6.95. The van der Waals surface area contributed by atoms with Gasteiger partial charge in [0.2, 0.25) is 11.8 Å². The highest BCUT2D eigenvalue weighted by Crippen LogP contribution is 2.22. The van der Waals surface area contributed by atoms with Crippen LogP contribution in [0.5, 0.6) is 0 Å². The van der Waals surface area contributed by atoms with Gasteiger partial charge in [-0.05, 0) is 6.42 Å². The summed E-state index contributed by atoms with van der Waals surface area (Å²) in [6.07, 6.45) is 0.834. The Hall–Kier alpha value is -1.93. The molecule has 2 heterocycles. The molecule has 0 saturated carbocycles. The van der Waals surface area contributed by atoms with Gasteiger partial charge in [0.15, 0.2) is 0 Å². The van der Waals surface area contributed by atoms with Gasteiger partial charge in [-0.15, -0.1) is 0 Å². The topological polar surface area (TPSA) is 79.7 Å². The van der Waals surface area contributed by atoms with E-state index >= 15 is 0 Å². The van der Waals surface area contributed by atoms with Crippen LogP contribution < -0.4 is 5.32 Å². The number of aromatic nitrogens is 2. The molecule has 1 aliphatic rings. The van der Waals surface area contributed by atoms with Crippen molar-refractivity contribution in [3.63, 3.8) is 0 Å². The predicted octanol–water partition coefficient (Wildman–Crippen LogP) is -0.871. The smallest absolute Gasteiger partial charge is 0.248 e. The Morgan fingerprint density at radius 3 is 2.78 bits per heavy atom. The zero-order valence-electron chi connectivity index (χ0n) is 14.3. The normalized spacial score (nSPS) is 14.4. The highest BCUT2D eigenvalue weighted by molar-refractivity contribution is 5.77. The number of carbonyl (C=O) groups is 2. The van der Waals surface area contributed by atoms with Gasteiger partial charge in [-0.2, -0.15) is 5.10 Å². The fourth-order valence-corrected chi connectivity index (χ4v) is 2.61. The average molecular weight is 323 g/mol. The van der Waals surface area contributed by atoms with Crippen molar-refractivity contribution >= 4 is 11.8 Å². The van der Waals surface area contributed by atoms with Crippen molar-refractivity contribution in [1.29, 1.82) is 0 Å². The maximum atomic E-state index is 11.5. The second-order valence-corrected chi connectivity index (χ2v) is 5.91. The Morgan fingerprint density at radius 1 is 1.39 bits per heavy atom. The van der Waals surface area contributed by atoms with Gasteiger partial charge >= 0.3 is 0 Å². The molecule has 1 aliphatic heterocycles. The van der Waals surface area contributed by atoms with E-state index in [9.17, 15) is 9.59 Å². The highest BCUT2D eigenvalue weighted by Gasteiger charge is 2.24. The van der Waals surface area contributed by atoms with Crippen LogP contribution in [0.15, 0.2) is 0 Å². The molecule has 2 rings (SSSR count). The number of amides is 2. The van der Waals surface area contributed by atoms with E-state index in [1.54, 1.807) is 21.1 Å². The molecule has 0 fully saturated rings. The molecule has 0 atom stereocenters. The lowest BCUT2D eigenvalue weighted by Gasteiger charge is -2.26. The maximum absolute atomic E-state index is 11.5. The molecule has 0 bridgehead atoms. The van der Waals surface area contributed by atoms with Crippen LogP contribution in [0, 0.1) is 0 Å². The molecular weight excluding hydrogens is 298 g/mol. The first-order valence-electron chi connectivity index (χ1n) is 7.66. The third-order valence-corrected chi connectivity index (χ3v) is 4.02. The number of nitrogens with zero attached hydrogens (tertiary/aromatic N) is 4. The summed E-state index contributed by atoms with van der Waals surface area (Å²) >= 11 is 0. The molecule has 0 aliphatic carbocycles. The van der Waals surface area contributed by atoms with E-state index in [0.717, 1.165) is 24.4 Å². The number of carbonyl (C=O) groups excluding carboxylic acids is 2. The number of ether oxygens (including phenoxy) is 1. The van der Waals surface area contributed by atoms with Gasteiger partial charge in [-0.1, -0.05) is 0 Å². The Labute approximate surface area is 136 Å². The van der Waals surface area contributed by atoms with E-state index in [2.05, 4.69) is 15.3 Å². The fraction of sp³-hybridized carbons (Fsp3) is 0.667. The lowest BCUT2D eigenvalue weighted by molar-refractivity contribution is -0.134. The average Bonchev–Trinajstić information content (AvgIpc) is 2.83. The summed E-state index contributed by atoms with van der Waals surface area (Å²) in [5, 5.41) is 7.15.